The molecule has 202 valence electrons. The number of aryl methyl sites for hydroxylation is 1. The Morgan fingerprint density at radius 1 is 1.05 bits per heavy atom. The number of fused-ring (bicyclic) bond motifs is 1. The summed E-state index contributed by atoms with van der Waals surface area (Å²) in [7, 11) is -3.99. The highest BCUT2D eigenvalue weighted by Gasteiger charge is 2.22. The van der Waals surface area contributed by atoms with Gasteiger partial charge in [0.15, 0.2) is 0 Å². The summed E-state index contributed by atoms with van der Waals surface area (Å²) in [4.78, 5) is 39.6. The second-order valence-electron chi connectivity index (χ2n) is 9.09. The van der Waals surface area contributed by atoms with Gasteiger partial charge in [-0.15, -0.1) is 0 Å². The fourth-order valence-electron chi connectivity index (χ4n) is 4.36. The lowest BCUT2D eigenvalue weighted by Crippen LogP contribution is -2.33. The zero-order valence-corrected chi connectivity index (χ0v) is 22.9. The summed E-state index contributed by atoms with van der Waals surface area (Å²) in [5.74, 6) is -0.534. The molecule has 0 radical (unpaired) electrons. The van der Waals surface area contributed by atoms with Crippen LogP contribution in [0, 0.1) is 6.92 Å². The Balaban J connectivity index is 1.55. The van der Waals surface area contributed by atoms with Gasteiger partial charge in [0.05, 0.1) is 34.0 Å². The average Bonchev–Trinajstić information content (AvgIpc) is 2.93. The third-order valence-corrected chi connectivity index (χ3v) is 7.53. The molecule has 0 fully saturated rings. The van der Waals surface area contributed by atoms with Crippen molar-refractivity contribution in [2.24, 2.45) is 5.14 Å². The predicted molar refractivity (Wildman–Crippen MR) is 152 cm³/mol. The Morgan fingerprint density at radius 2 is 1.80 bits per heavy atom. The van der Waals surface area contributed by atoms with Crippen molar-refractivity contribution in [2.45, 2.75) is 24.8 Å². The Bertz CT molecular complexity index is 1940. The van der Waals surface area contributed by atoms with E-state index in [-0.39, 0.29) is 21.8 Å². The van der Waals surface area contributed by atoms with E-state index >= 15 is 0 Å². The first-order valence-electron chi connectivity index (χ1n) is 12.1. The third kappa shape index (κ3) is 5.22. The Hall–Kier alpha value is -4.45. The number of hydrogen-bond acceptors (Lipinski definition) is 7. The molecular weight excluding hydrogens is 552 g/mol. The number of nitrogens with one attached hydrogen (secondary N) is 1. The first-order chi connectivity index (χ1) is 19.0. The van der Waals surface area contributed by atoms with E-state index in [0.29, 0.717) is 38.4 Å². The summed E-state index contributed by atoms with van der Waals surface area (Å²) in [5.41, 5.74) is 1.79. The maximum absolute atomic E-state index is 13.7. The molecule has 40 heavy (non-hydrogen) atoms. The number of hydrogen-bond donors (Lipinski definition) is 2. The van der Waals surface area contributed by atoms with Crippen molar-refractivity contribution in [1.82, 2.24) is 24.8 Å². The molecule has 0 saturated carbocycles. The van der Waals surface area contributed by atoms with Crippen molar-refractivity contribution in [3.05, 3.63) is 112 Å². The van der Waals surface area contributed by atoms with Crippen LogP contribution in [0.5, 0.6) is 0 Å². The number of aromatic nitrogens is 4. The molecule has 0 saturated heterocycles. The zero-order chi connectivity index (χ0) is 28.6. The van der Waals surface area contributed by atoms with Crippen molar-refractivity contribution in [3.63, 3.8) is 0 Å². The summed E-state index contributed by atoms with van der Waals surface area (Å²) < 4.78 is 25.1. The molecule has 3 aromatic heterocycles. The lowest BCUT2D eigenvalue weighted by Gasteiger charge is -2.21. The van der Waals surface area contributed by atoms with Crippen LogP contribution < -0.4 is 16.0 Å². The maximum Gasteiger partial charge on any atom is 0.272 e. The summed E-state index contributed by atoms with van der Waals surface area (Å²) in [6.45, 7) is 3.39. The smallest absolute Gasteiger partial charge is 0.272 e. The molecule has 0 aliphatic heterocycles. The highest BCUT2D eigenvalue weighted by molar-refractivity contribution is 7.89. The van der Waals surface area contributed by atoms with Crippen molar-refractivity contribution in [2.75, 3.05) is 0 Å². The first kappa shape index (κ1) is 27.1. The number of para-hydroxylation sites is 1. The highest BCUT2D eigenvalue weighted by atomic mass is 35.5. The molecule has 1 atom stereocenters. The lowest BCUT2D eigenvalue weighted by atomic mass is 10.1. The number of carbonyl (C=O) groups is 1. The number of sulfonamides is 1. The molecule has 0 aliphatic carbocycles. The van der Waals surface area contributed by atoms with E-state index in [9.17, 15) is 18.0 Å². The Labute approximate surface area is 234 Å². The van der Waals surface area contributed by atoms with Crippen molar-refractivity contribution in [3.8, 4) is 16.9 Å². The normalized spacial score (nSPS) is 12.3. The molecule has 0 bridgehead atoms. The van der Waals surface area contributed by atoms with Gasteiger partial charge in [-0.2, -0.15) is 0 Å². The van der Waals surface area contributed by atoms with Crippen LogP contribution in [0.3, 0.4) is 0 Å². The van der Waals surface area contributed by atoms with E-state index < -0.39 is 22.0 Å². The van der Waals surface area contributed by atoms with Crippen LogP contribution in [0.25, 0.3) is 27.7 Å². The number of carbonyl (C=O) groups excluding carboxylic acids is 1. The van der Waals surface area contributed by atoms with Crippen molar-refractivity contribution < 1.29 is 13.2 Å². The molecule has 1 amide bonds. The van der Waals surface area contributed by atoms with E-state index in [1.165, 1.54) is 23.0 Å². The summed E-state index contributed by atoms with van der Waals surface area (Å²) in [6, 6.07) is 16.8. The SMILES string of the molecule is Cc1ncc(-c2cncc(S(N)(=O)=O)c2)nc1C(=O)N[C@@H](C)c1cc2cccc(Cl)c2c(=O)n1-c1ccccc1. The minimum Gasteiger partial charge on any atom is -0.343 e. The molecule has 0 aliphatic rings. The minimum absolute atomic E-state index is 0.0304. The number of amides is 1. The predicted octanol–water partition coefficient (Wildman–Crippen LogP) is 3.94. The number of rotatable bonds is 6. The molecule has 3 N–H and O–H groups in total. The van der Waals surface area contributed by atoms with Gasteiger partial charge in [0, 0.05) is 29.3 Å². The maximum atomic E-state index is 13.7. The Morgan fingerprint density at radius 3 is 2.52 bits per heavy atom. The average molecular weight is 575 g/mol. The van der Waals surface area contributed by atoms with Crippen LogP contribution in [0.15, 0.2) is 88.9 Å². The van der Waals surface area contributed by atoms with Crippen LogP contribution in [0.1, 0.15) is 34.8 Å². The van der Waals surface area contributed by atoms with Gasteiger partial charge in [-0.3, -0.25) is 24.1 Å². The van der Waals surface area contributed by atoms with Crippen molar-refractivity contribution in [1.29, 1.82) is 0 Å². The summed E-state index contributed by atoms with van der Waals surface area (Å²) in [6.07, 6.45) is 3.94. The molecular formula is C28H23ClN6O4S. The van der Waals surface area contributed by atoms with Crippen LogP contribution in [0.2, 0.25) is 5.02 Å². The van der Waals surface area contributed by atoms with E-state index in [2.05, 4.69) is 20.3 Å². The van der Waals surface area contributed by atoms with Gasteiger partial charge in [-0.1, -0.05) is 41.9 Å². The van der Waals surface area contributed by atoms with E-state index in [1.54, 1.807) is 44.2 Å². The molecule has 5 rings (SSSR count). The van der Waals surface area contributed by atoms with E-state index in [0.717, 1.165) is 6.20 Å². The monoisotopic (exact) mass is 574 g/mol. The van der Waals surface area contributed by atoms with Crippen LogP contribution in [0.4, 0.5) is 0 Å². The second-order valence-corrected chi connectivity index (χ2v) is 11.1. The fraction of sp³-hybridized carbons (Fsp3) is 0.107. The summed E-state index contributed by atoms with van der Waals surface area (Å²) in [5, 5.41) is 9.49. The highest BCUT2D eigenvalue weighted by Crippen LogP contribution is 2.26. The van der Waals surface area contributed by atoms with Gasteiger partial charge in [-0.25, -0.2) is 18.5 Å². The van der Waals surface area contributed by atoms with E-state index in [1.807, 2.05) is 24.3 Å². The number of halogens is 1. The number of nitrogens with two attached hydrogens (primary N) is 1. The summed E-state index contributed by atoms with van der Waals surface area (Å²) >= 11 is 6.39. The topological polar surface area (TPSA) is 150 Å². The molecule has 10 nitrogen and oxygen atoms in total. The van der Waals surface area contributed by atoms with Crippen LogP contribution in [-0.4, -0.2) is 33.8 Å². The Kier molecular flexibility index (Phi) is 7.19. The molecule has 0 unspecified atom stereocenters. The largest absolute Gasteiger partial charge is 0.343 e. The van der Waals surface area contributed by atoms with Gasteiger partial charge in [0.25, 0.3) is 11.5 Å². The minimum atomic E-state index is -3.99. The number of nitrogens with zero attached hydrogens (tertiary/aromatic N) is 4. The second kappa shape index (κ2) is 10.6. The molecule has 5 aromatic rings. The fourth-order valence-corrected chi connectivity index (χ4v) is 5.12. The third-order valence-electron chi connectivity index (χ3n) is 6.34. The van der Waals surface area contributed by atoms with Gasteiger partial charge in [0.1, 0.15) is 10.6 Å². The quantitative estimate of drug-likeness (QED) is 0.312. The first-order valence-corrected chi connectivity index (χ1v) is 14.0. The van der Waals surface area contributed by atoms with Crippen LogP contribution in [-0.2, 0) is 10.0 Å². The van der Waals surface area contributed by atoms with Gasteiger partial charge < -0.3 is 5.32 Å². The van der Waals surface area contributed by atoms with Gasteiger partial charge in [0.2, 0.25) is 10.0 Å². The van der Waals surface area contributed by atoms with Crippen LogP contribution >= 0.6 is 11.6 Å². The standard InChI is InChI=1S/C28H23ClN6O4S/c1-16(24-12-18-7-6-10-22(29)25(18)28(37)35(24)20-8-4-3-5-9-20)33-27(36)26-17(2)32-15-23(34-26)19-11-21(14-31-13-19)40(30,38)39/h3-16H,1-2H3,(H,33,36)(H2,30,38,39)/t16-/m0/s1. The molecule has 0 spiro atoms. The molecule has 3 heterocycles. The zero-order valence-electron chi connectivity index (χ0n) is 21.4. The van der Waals surface area contributed by atoms with E-state index in [4.69, 9.17) is 16.7 Å². The molecule has 12 heteroatoms. The number of pyridine rings is 2. The number of benzene rings is 2. The number of primary sulfonamides is 1. The van der Waals surface area contributed by atoms with Crippen molar-refractivity contribution >= 4 is 38.3 Å². The molecule has 2 aromatic carbocycles. The van der Waals surface area contributed by atoms with Gasteiger partial charge >= 0.3 is 0 Å². The lowest BCUT2D eigenvalue weighted by molar-refractivity contribution is 0.0932. The van der Waals surface area contributed by atoms with Gasteiger partial charge in [-0.05, 0) is 49.6 Å².